The molecule has 1 aromatic heterocycles. The largest absolute Gasteiger partial charge is 0.274 e. The Morgan fingerprint density at radius 3 is 2.13 bits per heavy atom. The van der Waals surface area contributed by atoms with Gasteiger partial charge in [-0.25, -0.2) is 14.1 Å². The minimum absolute atomic E-state index is 0.194. The lowest BCUT2D eigenvalue weighted by molar-refractivity contribution is 0.0711. The van der Waals surface area contributed by atoms with Gasteiger partial charge in [0.25, 0.3) is 5.91 Å². The summed E-state index contributed by atoms with van der Waals surface area (Å²) in [6, 6.07) is 32.7. The van der Waals surface area contributed by atoms with E-state index in [9.17, 15) is 9.18 Å². The van der Waals surface area contributed by atoms with Gasteiger partial charge in [-0.1, -0.05) is 64.5 Å². The molecular formula is C31H22BrFN4O. The van der Waals surface area contributed by atoms with E-state index in [1.165, 1.54) is 12.1 Å². The van der Waals surface area contributed by atoms with Crippen LogP contribution in [0.15, 0.2) is 125 Å². The van der Waals surface area contributed by atoms with Gasteiger partial charge in [0.05, 0.1) is 23.1 Å². The monoisotopic (exact) mass is 564 g/mol. The van der Waals surface area contributed by atoms with E-state index in [4.69, 9.17) is 10.2 Å². The third kappa shape index (κ3) is 4.68. The fourth-order valence-corrected chi connectivity index (χ4v) is 4.91. The summed E-state index contributed by atoms with van der Waals surface area (Å²) in [4.78, 5) is 13.8. The summed E-state index contributed by atoms with van der Waals surface area (Å²) >= 11 is 3.49. The van der Waals surface area contributed by atoms with Crippen LogP contribution in [0.25, 0.3) is 16.9 Å². The average Bonchev–Trinajstić information content (AvgIpc) is 3.60. The van der Waals surface area contributed by atoms with Crippen LogP contribution in [0.5, 0.6) is 0 Å². The number of nitrogens with zero attached hydrogens (tertiary/aromatic N) is 4. The number of para-hydroxylation sites is 1. The molecule has 0 radical (unpaired) electrons. The number of carbonyl (C=O) groups is 1. The highest BCUT2D eigenvalue weighted by Crippen LogP contribution is 2.39. The quantitative estimate of drug-likeness (QED) is 0.223. The van der Waals surface area contributed by atoms with Gasteiger partial charge in [-0.15, -0.1) is 0 Å². The molecule has 0 saturated carbocycles. The zero-order valence-electron chi connectivity index (χ0n) is 20.2. The van der Waals surface area contributed by atoms with E-state index in [1.807, 2.05) is 79.0 Å². The lowest BCUT2D eigenvalue weighted by atomic mass is 9.96. The molecule has 1 unspecified atom stereocenters. The molecule has 1 aliphatic heterocycles. The van der Waals surface area contributed by atoms with Gasteiger partial charge in [0.1, 0.15) is 5.82 Å². The molecule has 0 bridgehead atoms. The number of benzene rings is 4. The molecule has 1 amide bonds. The second-order valence-electron chi connectivity index (χ2n) is 9.01. The second-order valence-corrected chi connectivity index (χ2v) is 9.92. The molecule has 1 aliphatic rings. The highest BCUT2D eigenvalue weighted by Gasteiger charge is 2.36. The number of hydrogen-bond acceptors (Lipinski definition) is 3. The molecule has 186 valence electrons. The normalized spacial score (nSPS) is 14.9. The van der Waals surface area contributed by atoms with Crippen LogP contribution in [0.1, 0.15) is 33.9 Å². The minimum Gasteiger partial charge on any atom is -0.267 e. The number of rotatable bonds is 5. The fraction of sp³-hybridized carbons (Fsp3) is 0.0645. The standard InChI is InChI=1S/C31H22BrFN4O/c32-24-15-11-21(12-16-24)28-19-29(37(34-28)31(38)23-7-3-1-4-8-23)27-20-36(26-9-5-2-6-10-26)35-30(27)22-13-17-25(33)18-14-22/h1-18,20,29H,19H2. The van der Waals surface area contributed by atoms with Crippen LogP contribution in [-0.2, 0) is 0 Å². The topological polar surface area (TPSA) is 50.5 Å². The Morgan fingerprint density at radius 1 is 0.816 bits per heavy atom. The number of amides is 1. The Morgan fingerprint density at radius 2 is 1.45 bits per heavy atom. The van der Waals surface area contributed by atoms with Gasteiger partial charge in [-0.3, -0.25) is 4.79 Å². The van der Waals surface area contributed by atoms with Gasteiger partial charge >= 0.3 is 0 Å². The number of hydrogen-bond donors (Lipinski definition) is 0. The molecule has 5 aromatic rings. The van der Waals surface area contributed by atoms with Gasteiger partial charge in [-0.2, -0.15) is 10.2 Å². The molecule has 1 atom stereocenters. The van der Waals surface area contributed by atoms with Crippen molar-refractivity contribution in [2.24, 2.45) is 5.10 Å². The van der Waals surface area contributed by atoms with Crippen LogP contribution in [0, 0.1) is 5.82 Å². The molecule has 7 heteroatoms. The van der Waals surface area contributed by atoms with E-state index in [2.05, 4.69) is 15.9 Å². The third-order valence-electron chi connectivity index (χ3n) is 6.56. The Bertz CT molecular complexity index is 1610. The second kappa shape index (κ2) is 10.2. The summed E-state index contributed by atoms with van der Waals surface area (Å²) in [7, 11) is 0. The number of hydrazone groups is 1. The molecule has 6 rings (SSSR count). The van der Waals surface area contributed by atoms with Gasteiger partial charge in [0, 0.05) is 33.8 Å². The van der Waals surface area contributed by atoms with Crippen molar-refractivity contribution < 1.29 is 9.18 Å². The molecule has 0 fully saturated rings. The van der Waals surface area contributed by atoms with Crippen LogP contribution < -0.4 is 0 Å². The molecule has 2 heterocycles. The van der Waals surface area contributed by atoms with Gasteiger partial charge in [0.15, 0.2) is 0 Å². The summed E-state index contributed by atoms with van der Waals surface area (Å²) in [6.07, 6.45) is 2.46. The smallest absolute Gasteiger partial charge is 0.267 e. The Labute approximate surface area is 228 Å². The Hall–Kier alpha value is -4.36. The maximum Gasteiger partial charge on any atom is 0.274 e. The van der Waals surface area contributed by atoms with Crippen molar-refractivity contribution in [1.29, 1.82) is 0 Å². The average molecular weight is 565 g/mol. The molecule has 38 heavy (non-hydrogen) atoms. The molecule has 0 N–H and O–H groups in total. The maximum absolute atomic E-state index is 13.8. The zero-order valence-corrected chi connectivity index (χ0v) is 21.8. The van der Waals surface area contributed by atoms with Crippen molar-refractivity contribution in [2.45, 2.75) is 12.5 Å². The van der Waals surface area contributed by atoms with Crippen molar-refractivity contribution in [1.82, 2.24) is 14.8 Å². The molecule has 0 aliphatic carbocycles. The highest BCUT2D eigenvalue weighted by molar-refractivity contribution is 9.10. The Balaban J connectivity index is 1.49. The van der Waals surface area contributed by atoms with Crippen LogP contribution in [0.4, 0.5) is 4.39 Å². The number of aromatic nitrogens is 2. The summed E-state index contributed by atoms with van der Waals surface area (Å²) in [5.41, 5.74) is 5.47. The van der Waals surface area contributed by atoms with Crippen molar-refractivity contribution in [2.75, 3.05) is 0 Å². The van der Waals surface area contributed by atoms with Gasteiger partial charge < -0.3 is 0 Å². The van der Waals surface area contributed by atoms with Crippen molar-refractivity contribution in [3.05, 3.63) is 142 Å². The van der Waals surface area contributed by atoms with Crippen LogP contribution >= 0.6 is 15.9 Å². The number of carbonyl (C=O) groups excluding carboxylic acids is 1. The van der Waals surface area contributed by atoms with E-state index in [0.29, 0.717) is 17.7 Å². The first-order valence-electron chi connectivity index (χ1n) is 12.2. The summed E-state index contributed by atoms with van der Waals surface area (Å²) in [5, 5.41) is 11.3. The van der Waals surface area contributed by atoms with E-state index < -0.39 is 6.04 Å². The molecule has 0 saturated heterocycles. The van der Waals surface area contributed by atoms with E-state index in [0.717, 1.165) is 32.6 Å². The Kier molecular flexibility index (Phi) is 6.43. The van der Waals surface area contributed by atoms with Crippen molar-refractivity contribution >= 4 is 27.5 Å². The van der Waals surface area contributed by atoms with Gasteiger partial charge in [0.2, 0.25) is 0 Å². The maximum atomic E-state index is 13.8. The first-order chi connectivity index (χ1) is 18.6. The lowest BCUT2D eigenvalue weighted by Crippen LogP contribution is -2.27. The molecule has 0 spiro atoms. The fourth-order valence-electron chi connectivity index (χ4n) is 4.65. The summed E-state index contributed by atoms with van der Waals surface area (Å²) in [5.74, 6) is -0.513. The SMILES string of the molecule is O=C(c1ccccc1)N1N=C(c2ccc(Br)cc2)CC1c1cn(-c2ccccc2)nc1-c1ccc(F)cc1. The summed E-state index contributed by atoms with van der Waals surface area (Å²) < 4.78 is 16.6. The van der Waals surface area contributed by atoms with Crippen LogP contribution in [0.3, 0.4) is 0 Å². The molecule has 4 aromatic carbocycles. The predicted molar refractivity (Wildman–Crippen MR) is 150 cm³/mol. The van der Waals surface area contributed by atoms with E-state index in [-0.39, 0.29) is 11.7 Å². The highest BCUT2D eigenvalue weighted by atomic mass is 79.9. The lowest BCUT2D eigenvalue weighted by Gasteiger charge is -2.22. The first-order valence-corrected chi connectivity index (χ1v) is 13.0. The van der Waals surface area contributed by atoms with Crippen molar-refractivity contribution in [3.63, 3.8) is 0 Å². The predicted octanol–water partition coefficient (Wildman–Crippen LogP) is 7.43. The first kappa shape index (κ1) is 24.0. The van der Waals surface area contributed by atoms with Crippen LogP contribution in [0.2, 0.25) is 0 Å². The van der Waals surface area contributed by atoms with Crippen LogP contribution in [-0.4, -0.2) is 26.4 Å². The number of halogens is 2. The van der Waals surface area contributed by atoms with E-state index in [1.54, 1.807) is 34.0 Å². The minimum atomic E-state index is -0.404. The van der Waals surface area contributed by atoms with E-state index >= 15 is 0 Å². The molecular weight excluding hydrogens is 543 g/mol. The summed E-state index contributed by atoms with van der Waals surface area (Å²) in [6.45, 7) is 0. The zero-order chi connectivity index (χ0) is 26.1. The van der Waals surface area contributed by atoms with Crippen molar-refractivity contribution in [3.8, 4) is 16.9 Å². The third-order valence-corrected chi connectivity index (χ3v) is 7.09. The van der Waals surface area contributed by atoms with Gasteiger partial charge in [-0.05, 0) is 66.2 Å². The molecule has 5 nitrogen and oxygen atoms in total.